The van der Waals surface area contributed by atoms with Crippen molar-refractivity contribution in [1.29, 1.82) is 0 Å². The van der Waals surface area contributed by atoms with Gasteiger partial charge in [-0.2, -0.15) is 0 Å². The van der Waals surface area contributed by atoms with Gasteiger partial charge in [-0.25, -0.2) is 4.99 Å². The number of aliphatic imine (C=N–C) groups is 1. The van der Waals surface area contributed by atoms with E-state index in [4.69, 9.17) is 10.7 Å². The lowest BCUT2D eigenvalue weighted by molar-refractivity contribution is -0.123. The lowest BCUT2D eigenvalue weighted by atomic mass is 10.2. The Morgan fingerprint density at radius 1 is 0.875 bits per heavy atom. The van der Waals surface area contributed by atoms with Gasteiger partial charge in [0.05, 0.1) is 5.69 Å². The van der Waals surface area contributed by atoms with Gasteiger partial charge < -0.3 is 5.73 Å². The molecule has 32 heavy (non-hydrogen) atoms. The number of rotatable bonds is 5. The van der Waals surface area contributed by atoms with Gasteiger partial charge >= 0.3 is 0 Å². The number of carbonyl (C=O) groups excluding carboxylic acids is 2. The SMILES string of the molecule is Cc1ccc(S2(c3ccc(C)cc3)C(SNC(=O)CCC(N)=O)=Nc3ccccc32)cc1. The number of nitrogens with one attached hydrogen (secondary N) is 1. The summed E-state index contributed by atoms with van der Waals surface area (Å²) in [5, 5.41) is 0. The number of aryl methyl sites for hydroxylation is 2. The minimum absolute atomic E-state index is 0.0209. The van der Waals surface area contributed by atoms with Crippen LogP contribution in [0.25, 0.3) is 0 Å². The van der Waals surface area contributed by atoms with Gasteiger partial charge in [0.1, 0.15) is 4.38 Å². The molecule has 0 saturated heterocycles. The van der Waals surface area contributed by atoms with E-state index in [2.05, 4.69) is 73.2 Å². The van der Waals surface area contributed by atoms with Crippen molar-refractivity contribution in [2.24, 2.45) is 10.7 Å². The number of carbonyl (C=O) groups is 2. The van der Waals surface area contributed by atoms with E-state index in [0.717, 1.165) is 24.7 Å². The zero-order chi connectivity index (χ0) is 22.7. The lowest BCUT2D eigenvalue weighted by Crippen LogP contribution is -2.22. The van der Waals surface area contributed by atoms with Crippen LogP contribution in [0.1, 0.15) is 24.0 Å². The number of primary amides is 1. The number of amides is 2. The first-order valence-electron chi connectivity index (χ1n) is 10.3. The van der Waals surface area contributed by atoms with Crippen molar-refractivity contribution in [2.75, 3.05) is 0 Å². The molecule has 0 aromatic heterocycles. The molecule has 1 aliphatic rings. The van der Waals surface area contributed by atoms with Crippen LogP contribution >= 0.6 is 22.0 Å². The third-order valence-electron chi connectivity index (χ3n) is 5.27. The molecule has 0 atom stereocenters. The van der Waals surface area contributed by atoms with Crippen molar-refractivity contribution in [2.45, 2.75) is 41.4 Å². The van der Waals surface area contributed by atoms with Gasteiger partial charge in [0.15, 0.2) is 0 Å². The zero-order valence-corrected chi connectivity index (χ0v) is 19.6. The molecular formula is C25H25N3O2S2. The molecule has 0 bridgehead atoms. The summed E-state index contributed by atoms with van der Waals surface area (Å²) in [6.45, 7) is 4.14. The highest BCUT2D eigenvalue weighted by atomic mass is 32.3. The van der Waals surface area contributed by atoms with Crippen LogP contribution in [0, 0.1) is 13.8 Å². The maximum atomic E-state index is 12.4. The first-order valence-corrected chi connectivity index (χ1v) is 12.7. The molecule has 164 valence electrons. The first kappa shape index (κ1) is 22.2. The minimum atomic E-state index is -1.87. The van der Waals surface area contributed by atoms with E-state index in [0.29, 0.717) is 0 Å². The Labute approximate surface area is 194 Å². The van der Waals surface area contributed by atoms with Crippen LogP contribution in [0.5, 0.6) is 0 Å². The molecule has 0 radical (unpaired) electrons. The van der Waals surface area contributed by atoms with Crippen LogP contribution < -0.4 is 10.5 Å². The topological polar surface area (TPSA) is 84.5 Å². The van der Waals surface area contributed by atoms with Crippen molar-refractivity contribution in [3.05, 3.63) is 83.9 Å². The van der Waals surface area contributed by atoms with Gasteiger partial charge in [-0.05, 0) is 50.2 Å². The predicted molar refractivity (Wildman–Crippen MR) is 132 cm³/mol. The molecule has 0 fully saturated rings. The second kappa shape index (κ2) is 9.22. The molecule has 0 unspecified atom stereocenters. The second-order valence-corrected chi connectivity index (χ2v) is 11.7. The Morgan fingerprint density at radius 2 is 1.44 bits per heavy atom. The Hall–Kier alpha value is -3.03. The van der Waals surface area contributed by atoms with E-state index >= 15 is 0 Å². The fraction of sp³-hybridized carbons (Fsp3) is 0.160. The summed E-state index contributed by atoms with van der Waals surface area (Å²) in [7, 11) is -1.87. The average Bonchev–Trinajstić information content (AvgIpc) is 3.12. The number of nitrogens with two attached hydrogens (primary N) is 1. The van der Waals surface area contributed by atoms with E-state index in [9.17, 15) is 9.59 Å². The Kier molecular flexibility index (Phi) is 6.39. The Bertz CT molecular complexity index is 1140. The summed E-state index contributed by atoms with van der Waals surface area (Å²) in [6, 6.07) is 25.3. The van der Waals surface area contributed by atoms with E-state index in [1.807, 2.05) is 18.2 Å². The number of nitrogens with zero attached hydrogens (tertiary/aromatic N) is 1. The van der Waals surface area contributed by atoms with E-state index in [-0.39, 0.29) is 18.7 Å². The monoisotopic (exact) mass is 463 g/mol. The molecular weight excluding hydrogens is 438 g/mol. The summed E-state index contributed by atoms with van der Waals surface area (Å²) in [5.41, 5.74) is 8.47. The molecule has 7 heteroatoms. The number of para-hydroxylation sites is 1. The molecule has 3 aromatic carbocycles. The third-order valence-corrected chi connectivity index (χ3v) is 10.4. The van der Waals surface area contributed by atoms with Crippen molar-refractivity contribution >= 4 is 43.9 Å². The first-order chi connectivity index (χ1) is 15.4. The van der Waals surface area contributed by atoms with Crippen LogP contribution in [0.2, 0.25) is 0 Å². The van der Waals surface area contributed by atoms with Crippen LogP contribution in [0.15, 0.2) is 92.5 Å². The fourth-order valence-electron chi connectivity index (χ4n) is 3.62. The Balaban J connectivity index is 1.83. The van der Waals surface area contributed by atoms with Gasteiger partial charge in [0, 0.05) is 39.5 Å². The van der Waals surface area contributed by atoms with Gasteiger partial charge in [0.2, 0.25) is 11.8 Å². The quantitative estimate of drug-likeness (QED) is 0.381. The molecule has 4 rings (SSSR count). The molecule has 2 amide bonds. The van der Waals surface area contributed by atoms with E-state index < -0.39 is 15.9 Å². The van der Waals surface area contributed by atoms with Crippen molar-refractivity contribution in [1.82, 2.24) is 4.72 Å². The summed E-state index contributed by atoms with van der Waals surface area (Å²) in [6.07, 6.45) is 0.0764. The maximum absolute atomic E-state index is 12.4. The van der Waals surface area contributed by atoms with E-state index in [1.54, 1.807) is 0 Å². The lowest BCUT2D eigenvalue weighted by Gasteiger charge is -2.38. The number of hydrogen-bond acceptors (Lipinski definition) is 4. The van der Waals surface area contributed by atoms with Crippen LogP contribution in [0.4, 0.5) is 5.69 Å². The number of fused-ring (bicyclic) bond motifs is 1. The summed E-state index contributed by atoms with van der Waals surface area (Å²) in [5.74, 6) is -0.733. The summed E-state index contributed by atoms with van der Waals surface area (Å²) < 4.78 is 3.74. The van der Waals surface area contributed by atoms with Crippen LogP contribution in [-0.4, -0.2) is 16.2 Å². The standard InChI is InChI=1S/C25H25N3O2S2/c1-17-7-11-19(12-8-17)32(20-13-9-18(2)10-14-20)22-6-4-3-5-21(22)27-25(32)31-28-24(30)16-15-23(26)29/h3-14H,15-16H2,1-2H3,(H2,26,29)(H,28,30). The van der Waals surface area contributed by atoms with Gasteiger partial charge in [-0.15, -0.1) is 10.0 Å². The van der Waals surface area contributed by atoms with Gasteiger partial charge in [0.25, 0.3) is 0 Å². The highest BCUT2D eigenvalue weighted by molar-refractivity contribution is 8.57. The number of benzene rings is 3. The Morgan fingerprint density at radius 3 is 2.00 bits per heavy atom. The molecule has 1 heterocycles. The van der Waals surface area contributed by atoms with E-state index in [1.165, 1.54) is 23.1 Å². The highest BCUT2D eigenvalue weighted by Gasteiger charge is 2.42. The van der Waals surface area contributed by atoms with Crippen molar-refractivity contribution < 1.29 is 9.59 Å². The van der Waals surface area contributed by atoms with Crippen LogP contribution in [-0.2, 0) is 9.59 Å². The largest absolute Gasteiger partial charge is 0.370 e. The minimum Gasteiger partial charge on any atom is -0.370 e. The highest BCUT2D eigenvalue weighted by Crippen LogP contribution is 2.75. The third kappa shape index (κ3) is 4.18. The summed E-state index contributed by atoms with van der Waals surface area (Å²) in [4.78, 5) is 31.9. The smallest absolute Gasteiger partial charge is 0.230 e. The molecule has 5 nitrogen and oxygen atoms in total. The average molecular weight is 464 g/mol. The van der Waals surface area contributed by atoms with Crippen molar-refractivity contribution in [3.63, 3.8) is 0 Å². The molecule has 3 N–H and O–H groups in total. The normalized spacial score (nSPS) is 14.9. The molecule has 3 aromatic rings. The molecule has 0 saturated carbocycles. The fourth-order valence-corrected chi connectivity index (χ4v) is 8.94. The zero-order valence-electron chi connectivity index (χ0n) is 18.0. The van der Waals surface area contributed by atoms with Crippen LogP contribution in [0.3, 0.4) is 0 Å². The van der Waals surface area contributed by atoms with Crippen molar-refractivity contribution in [3.8, 4) is 0 Å². The maximum Gasteiger partial charge on any atom is 0.230 e. The number of hydrogen-bond donors (Lipinski definition) is 2. The van der Waals surface area contributed by atoms with Gasteiger partial charge in [-0.3, -0.25) is 14.3 Å². The molecule has 0 spiro atoms. The predicted octanol–water partition coefficient (Wildman–Crippen LogP) is 5.62. The molecule has 1 aliphatic heterocycles. The summed E-state index contributed by atoms with van der Waals surface area (Å²) >= 11 is 1.24. The molecule has 0 aliphatic carbocycles. The second-order valence-electron chi connectivity index (χ2n) is 7.68. The van der Waals surface area contributed by atoms with Gasteiger partial charge in [-0.1, -0.05) is 47.5 Å².